The summed E-state index contributed by atoms with van der Waals surface area (Å²) < 4.78 is 25.8. The van der Waals surface area contributed by atoms with E-state index in [1.807, 2.05) is 31.2 Å². The Morgan fingerprint density at radius 1 is 1.00 bits per heavy atom. The summed E-state index contributed by atoms with van der Waals surface area (Å²) in [6.07, 6.45) is 0.172. The van der Waals surface area contributed by atoms with Gasteiger partial charge in [-0.15, -0.1) is 0 Å². The highest BCUT2D eigenvalue weighted by atomic mass is 19.2. The second kappa shape index (κ2) is 7.49. The van der Waals surface area contributed by atoms with Gasteiger partial charge >= 0.3 is 0 Å². The van der Waals surface area contributed by atoms with Crippen molar-refractivity contribution >= 4 is 17.5 Å². The molecule has 0 atom stereocenters. The molecule has 4 nitrogen and oxygen atoms in total. The van der Waals surface area contributed by atoms with E-state index in [4.69, 9.17) is 0 Å². The van der Waals surface area contributed by atoms with Crippen molar-refractivity contribution in [1.82, 2.24) is 5.32 Å². The fraction of sp³-hybridized carbons (Fsp3) is 0.176. The van der Waals surface area contributed by atoms with Crippen molar-refractivity contribution < 1.29 is 18.4 Å². The summed E-state index contributed by atoms with van der Waals surface area (Å²) in [6.45, 7) is 1.65. The topological polar surface area (TPSA) is 58.2 Å². The van der Waals surface area contributed by atoms with E-state index in [-0.39, 0.29) is 24.6 Å². The average Bonchev–Trinajstić information content (AvgIpc) is 2.51. The predicted molar refractivity (Wildman–Crippen MR) is 82.9 cm³/mol. The minimum Gasteiger partial charge on any atom is -0.347 e. The van der Waals surface area contributed by atoms with E-state index in [2.05, 4.69) is 10.6 Å². The van der Waals surface area contributed by atoms with Crippen molar-refractivity contribution in [1.29, 1.82) is 0 Å². The molecule has 0 saturated carbocycles. The Kier molecular flexibility index (Phi) is 5.41. The summed E-state index contributed by atoms with van der Waals surface area (Å²) in [7, 11) is 0. The number of aryl methyl sites for hydroxylation is 1. The van der Waals surface area contributed by atoms with Gasteiger partial charge in [0.2, 0.25) is 11.8 Å². The molecular formula is C17H16F2N2O2. The van der Waals surface area contributed by atoms with Crippen LogP contribution in [0.3, 0.4) is 0 Å². The molecule has 0 unspecified atom stereocenters. The van der Waals surface area contributed by atoms with Crippen molar-refractivity contribution in [2.45, 2.75) is 13.3 Å². The molecule has 0 radical (unpaired) electrons. The molecule has 0 bridgehead atoms. The molecule has 120 valence electrons. The Balaban J connectivity index is 1.83. The number of benzene rings is 2. The third-order valence-corrected chi connectivity index (χ3v) is 3.26. The summed E-state index contributed by atoms with van der Waals surface area (Å²) in [5.74, 6) is -2.85. The van der Waals surface area contributed by atoms with E-state index in [1.54, 1.807) is 0 Å². The molecule has 0 saturated heterocycles. The number of rotatable bonds is 5. The molecule has 0 aliphatic rings. The number of halogens is 2. The maximum absolute atomic E-state index is 13.0. The van der Waals surface area contributed by atoms with Crippen molar-refractivity contribution in [2.75, 3.05) is 11.9 Å². The Hall–Kier alpha value is -2.76. The molecule has 2 aromatic carbocycles. The molecule has 0 aromatic heterocycles. The van der Waals surface area contributed by atoms with Crippen LogP contribution in [0.5, 0.6) is 0 Å². The Labute approximate surface area is 132 Å². The van der Waals surface area contributed by atoms with Gasteiger partial charge in [0.15, 0.2) is 11.6 Å². The molecule has 2 amide bonds. The largest absolute Gasteiger partial charge is 0.347 e. The zero-order chi connectivity index (χ0) is 16.8. The fourth-order valence-electron chi connectivity index (χ4n) is 2.00. The van der Waals surface area contributed by atoms with Crippen LogP contribution in [0, 0.1) is 18.6 Å². The molecule has 0 heterocycles. The van der Waals surface area contributed by atoms with E-state index in [9.17, 15) is 18.4 Å². The summed E-state index contributed by atoms with van der Waals surface area (Å²) in [4.78, 5) is 23.5. The standard InChI is InChI=1S/C17H16F2N2O2/c1-11-4-2-3-5-12(11)8-16(22)20-10-17(23)21-13-6-7-14(18)15(19)9-13/h2-7,9H,8,10H2,1H3,(H,20,22)(H,21,23). The van der Waals surface area contributed by atoms with Gasteiger partial charge in [-0.3, -0.25) is 9.59 Å². The fourth-order valence-corrected chi connectivity index (χ4v) is 2.00. The van der Waals surface area contributed by atoms with Crippen LogP contribution in [-0.2, 0) is 16.0 Å². The van der Waals surface area contributed by atoms with Gasteiger partial charge in [0.1, 0.15) is 0 Å². The monoisotopic (exact) mass is 318 g/mol. The van der Waals surface area contributed by atoms with Crippen molar-refractivity contribution in [3.8, 4) is 0 Å². The molecule has 0 aliphatic carbocycles. The first-order valence-electron chi connectivity index (χ1n) is 7.02. The van der Waals surface area contributed by atoms with Crippen LogP contribution < -0.4 is 10.6 Å². The molecule has 0 spiro atoms. The number of amides is 2. The van der Waals surface area contributed by atoms with E-state index in [1.165, 1.54) is 6.07 Å². The lowest BCUT2D eigenvalue weighted by molar-refractivity contribution is -0.123. The summed E-state index contributed by atoms with van der Waals surface area (Å²) in [5.41, 5.74) is 2.00. The number of hydrogen-bond donors (Lipinski definition) is 2. The van der Waals surface area contributed by atoms with E-state index >= 15 is 0 Å². The predicted octanol–water partition coefficient (Wildman–Crippen LogP) is 2.57. The van der Waals surface area contributed by atoms with Gasteiger partial charge in [0.05, 0.1) is 13.0 Å². The van der Waals surface area contributed by atoms with Crippen LogP contribution in [0.1, 0.15) is 11.1 Å². The van der Waals surface area contributed by atoms with E-state index in [0.717, 1.165) is 23.3 Å². The molecule has 2 rings (SSSR count). The number of anilines is 1. The minimum absolute atomic E-state index is 0.127. The SMILES string of the molecule is Cc1ccccc1CC(=O)NCC(=O)Nc1ccc(F)c(F)c1. The van der Waals surface area contributed by atoms with Crippen LogP contribution in [0.15, 0.2) is 42.5 Å². The summed E-state index contributed by atoms with van der Waals surface area (Å²) in [5, 5.41) is 4.87. The Morgan fingerprint density at radius 2 is 1.74 bits per heavy atom. The van der Waals surface area contributed by atoms with Crippen LogP contribution in [0.4, 0.5) is 14.5 Å². The van der Waals surface area contributed by atoms with Crippen LogP contribution >= 0.6 is 0 Å². The van der Waals surface area contributed by atoms with Crippen molar-refractivity contribution in [2.24, 2.45) is 0 Å². The van der Waals surface area contributed by atoms with Gasteiger partial charge in [0.25, 0.3) is 0 Å². The number of carbonyl (C=O) groups excluding carboxylic acids is 2. The van der Waals surface area contributed by atoms with Gasteiger partial charge in [-0.2, -0.15) is 0 Å². The van der Waals surface area contributed by atoms with Crippen LogP contribution in [0.25, 0.3) is 0 Å². The lowest BCUT2D eigenvalue weighted by Gasteiger charge is -2.08. The molecule has 0 aliphatic heterocycles. The minimum atomic E-state index is -1.05. The first kappa shape index (κ1) is 16.6. The molecule has 6 heteroatoms. The Morgan fingerprint density at radius 3 is 2.43 bits per heavy atom. The van der Waals surface area contributed by atoms with E-state index < -0.39 is 17.5 Å². The number of hydrogen-bond acceptors (Lipinski definition) is 2. The van der Waals surface area contributed by atoms with Gasteiger partial charge in [0, 0.05) is 11.8 Å². The van der Waals surface area contributed by atoms with Crippen LogP contribution in [-0.4, -0.2) is 18.4 Å². The smallest absolute Gasteiger partial charge is 0.243 e. The lowest BCUT2D eigenvalue weighted by atomic mass is 10.1. The third-order valence-electron chi connectivity index (χ3n) is 3.26. The van der Waals surface area contributed by atoms with Gasteiger partial charge in [-0.1, -0.05) is 24.3 Å². The number of carbonyl (C=O) groups is 2. The van der Waals surface area contributed by atoms with Gasteiger partial charge in [-0.25, -0.2) is 8.78 Å². The maximum atomic E-state index is 13.0. The highest BCUT2D eigenvalue weighted by molar-refractivity contribution is 5.94. The van der Waals surface area contributed by atoms with Gasteiger partial charge < -0.3 is 10.6 Å². The van der Waals surface area contributed by atoms with Crippen molar-refractivity contribution in [3.63, 3.8) is 0 Å². The third kappa shape index (κ3) is 4.88. The highest BCUT2D eigenvalue weighted by Gasteiger charge is 2.09. The summed E-state index contributed by atoms with van der Waals surface area (Å²) in [6, 6.07) is 10.5. The second-order valence-corrected chi connectivity index (χ2v) is 5.06. The maximum Gasteiger partial charge on any atom is 0.243 e. The summed E-state index contributed by atoms with van der Waals surface area (Å²) >= 11 is 0. The zero-order valence-corrected chi connectivity index (χ0v) is 12.5. The Bertz CT molecular complexity index is 732. The zero-order valence-electron chi connectivity index (χ0n) is 12.5. The quantitative estimate of drug-likeness (QED) is 0.890. The normalized spacial score (nSPS) is 10.2. The molecule has 0 fully saturated rings. The molecule has 2 aromatic rings. The molecular weight excluding hydrogens is 302 g/mol. The first-order valence-corrected chi connectivity index (χ1v) is 7.02. The lowest BCUT2D eigenvalue weighted by Crippen LogP contribution is -2.33. The van der Waals surface area contributed by atoms with Gasteiger partial charge in [-0.05, 0) is 30.2 Å². The molecule has 23 heavy (non-hydrogen) atoms. The van der Waals surface area contributed by atoms with Crippen LogP contribution in [0.2, 0.25) is 0 Å². The molecule has 2 N–H and O–H groups in total. The van der Waals surface area contributed by atoms with E-state index in [0.29, 0.717) is 0 Å². The first-order chi connectivity index (χ1) is 11.0. The number of nitrogens with one attached hydrogen (secondary N) is 2. The van der Waals surface area contributed by atoms with Crippen molar-refractivity contribution in [3.05, 3.63) is 65.2 Å². The average molecular weight is 318 g/mol. The highest BCUT2D eigenvalue weighted by Crippen LogP contribution is 2.12. The second-order valence-electron chi connectivity index (χ2n) is 5.06.